The van der Waals surface area contributed by atoms with Gasteiger partial charge in [0.25, 0.3) is 5.91 Å². The molecule has 4 heteroatoms. The molecule has 0 fully saturated rings. The van der Waals surface area contributed by atoms with Crippen LogP contribution < -0.4 is 9.64 Å². The minimum Gasteiger partial charge on any atom is -0.494 e. The number of aromatic nitrogens is 1. The Morgan fingerprint density at radius 1 is 0.839 bits per heavy atom. The molecule has 0 saturated heterocycles. The first-order valence-electron chi connectivity index (χ1n) is 10.3. The zero-order valence-electron chi connectivity index (χ0n) is 17.4. The van der Waals surface area contributed by atoms with Gasteiger partial charge in [-0.2, -0.15) is 0 Å². The van der Waals surface area contributed by atoms with E-state index in [2.05, 4.69) is 29.2 Å². The Morgan fingerprint density at radius 3 is 2.23 bits per heavy atom. The van der Waals surface area contributed by atoms with Crippen molar-refractivity contribution in [1.29, 1.82) is 0 Å². The van der Waals surface area contributed by atoms with E-state index in [1.165, 1.54) is 0 Å². The number of nitrogens with zero attached hydrogens (tertiary/aromatic N) is 2. The van der Waals surface area contributed by atoms with Crippen LogP contribution in [0.4, 0.5) is 5.69 Å². The number of hydrogen-bond acceptors (Lipinski definition) is 3. The van der Waals surface area contributed by atoms with Crippen molar-refractivity contribution in [3.63, 3.8) is 0 Å². The highest BCUT2D eigenvalue weighted by Gasteiger charge is 2.20. The van der Waals surface area contributed by atoms with E-state index in [0.717, 1.165) is 28.1 Å². The third-order valence-electron chi connectivity index (χ3n) is 5.06. The molecular formula is C27H24N2O2. The maximum atomic E-state index is 13.5. The summed E-state index contributed by atoms with van der Waals surface area (Å²) in [6.45, 7) is 2.97. The van der Waals surface area contributed by atoms with E-state index < -0.39 is 0 Å². The molecule has 1 aromatic heterocycles. The number of anilines is 1. The van der Waals surface area contributed by atoms with Crippen LogP contribution in [0.2, 0.25) is 0 Å². The largest absolute Gasteiger partial charge is 0.494 e. The second kappa shape index (κ2) is 9.72. The van der Waals surface area contributed by atoms with Crippen LogP contribution in [0.5, 0.6) is 5.75 Å². The zero-order valence-corrected chi connectivity index (χ0v) is 17.4. The minimum atomic E-state index is -0.0721. The fraction of sp³-hybridized carbons (Fsp3) is 0.111. The lowest BCUT2D eigenvalue weighted by molar-refractivity contribution is 0.0985. The Hall–Kier alpha value is -3.92. The number of rotatable bonds is 7. The second-order valence-electron chi connectivity index (χ2n) is 7.08. The van der Waals surface area contributed by atoms with Crippen LogP contribution in [-0.2, 0) is 6.54 Å². The van der Waals surface area contributed by atoms with Crippen LogP contribution in [0.25, 0.3) is 11.1 Å². The Morgan fingerprint density at radius 2 is 1.52 bits per heavy atom. The zero-order chi connectivity index (χ0) is 21.5. The van der Waals surface area contributed by atoms with Crippen molar-refractivity contribution in [2.75, 3.05) is 11.5 Å². The molecule has 0 atom stereocenters. The van der Waals surface area contributed by atoms with Gasteiger partial charge in [0.15, 0.2) is 0 Å². The molecule has 4 aromatic rings. The van der Waals surface area contributed by atoms with Crippen molar-refractivity contribution in [2.24, 2.45) is 0 Å². The highest BCUT2D eigenvalue weighted by Crippen LogP contribution is 2.27. The van der Waals surface area contributed by atoms with Gasteiger partial charge in [0, 0.05) is 23.6 Å². The number of hydrogen-bond donors (Lipinski definition) is 0. The molecule has 4 nitrogen and oxygen atoms in total. The van der Waals surface area contributed by atoms with Crippen LogP contribution in [-0.4, -0.2) is 17.5 Å². The Bertz CT molecular complexity index is 1130. The fourth-order valence-electron chi connectivity index (χ4n) is 3.55. The van der Waals surface area contributed by atoms with Crippen LogP contribution in [0.3, 0.4) is 0 Å². The number of pyridine rings is 1. The standard InChI is InChI=1S/C27H24N2O2/c1-2-31-25-14-12-22(13-15-25)27(30)29(24-16-18-28-19-17-24)20-23-10-6-7-11-26(23)21-8-4-3-5-9-21/h3-19H,2,20H2,1H3. The number of carbonyl (C=O) groups is 1. The SMILES string of the molecule is CCOc1ccc(C(=O)N(Cc2ccccc2-c2ccccc2)c2ccncc2)cc1. The normalized spacial score (nSPS) is 10.5. The van der Waals surface area contributed by atoms with Gasteiger partial charge in [0.05, 0.1) is 13.2 Å². The molecule has 0 radical (unpaired) electrons. The molecule has 3 aromatic carbocycles. The third-order valence-corrected chi connectivity index (χ3v) is 5.06. The van der Waals surface area contributed by atoms with E-state index in [1.807, 2.05) is 73.7 Å². The van der Waals surface area contributed by atoms with Crippen LogP contribution in [0.15, 0.2) is 103 Å². The van der Waals surface area contributed by atoms with Gasteiger partial charge in [0.2, 0.25) is 0 Å². The van der Waals surface area contributed by atoms with Crippen molar-refractivity contribution in [1.82, 2.24) is 4.98 Å². The molecule has 31 heavy (non-hydrogen) atoms. The van der Waals surface area contributed by atoms with E-state index in [-0.39, 0.29) is 5.91 Å². The van der Waals surface area contributed by atoms with E-state index in [0.29, 0.717) is 18.7 Å². The lowest BCUT2D eigenvalue weighted by Crippen LogP contribution is -2.30. The van der Waals surface area contributed by atoms with Gasteiger partial charge >= 0.3 is 0 Å². The summed E-state index contributed by atoms with van der Waals surface area (Å²) in [5.74, 6) is 0.682. The second-order valence-corrected chi connectivity index (χ2v) is 7.08. The molecular weight excluding hydrogens is 384 g/mol. The average molecular weight is 409 g/mol. The van der Waals surface area contributed by atoms with Crippen molar-refractivity contribution in [3.05, 3.63) is 115 Å². The molecule has 4 rings (SSSR count). The first kappa shape index (κ1) is 20.4. The minimum absolute atomic E-state index is 0.0721. The molecule has 154 valence electrons. The quantitative estimate of drug-likeness (QED) is 0.377. The lowest BCUT2D eigenvalue weighted by Gasteiger charge is -2.24. The average Bonchev–Trinajstić information content (AvgIpc) is 2.84. The third kappa shape index (κ3) is 4.81. The van der Waals surface area contributed by atoms with Crippen molar-refractivity contribution in [2.45, 2.75) is 13.5 Å². The maximum absolute atomic E-state index is 13.5. The topological polar surface area (TPSA) is 42.4 Å². The summed E-state index contributed by atoms with van der Waals surface area (Å²) < 4.78 is 5.51. The molecule has 0 unspecified atom stereocenters. The van der Waals surface area contributed by atoms with Gasteiger partial charge in [-0.05, 0) is 60.0 Å². The summed E-state index contributed by atoms with van der Waals surface area (Å²) in [7, 11) is 0. The number of benzene rings is 3. The summed E-state index contributed by atoms with van der Waals surface area (Å²) in [5.41, 5.74) is 4.72. The van der Waals surface area contributed by atoms with Crippen molar-refractivity contribution in [3.8, 4) is 16.9 Å². The molecule has 0 bridgehead atoms. The highest BCUT2D eigenvalue weighted by atomic mass is 16.5. The van der Waals surface area contributed by atoms with Crippen LogP contribution in [0.1, 0.15) is 22.8 Å². The van der Waals surface area contributed by atoms with E-state index in [4.69, 9.17) is 4.74 Å². The molecule has 1 heterocycles. The van der Waals surface area contributed by atoms with Gasteiger partial charge in [0.1, 0.15) is 5.75 Å². The van der Waals surface area contributed by atoms with Gasteiger partial charge in [-0.3, -0.25) is 9.78 Å². The van der Waals surface area contributed by atoms with Crippen molar-refractivity contribution >= 4 is 11.6 Å². The van der Waals surface area contributed by atoms with Gasteiger partial charge in [-0.25, -0.2) is 0 Å². The molecule has 0 spiro atoms. The first-order valence-corrected chi connectivity index (χ1v) is 10.3. The predicted molar refractivity (Wildman–Crippen MR) is 124 cm³/mol. The molecule has 0 aliphatic rings. The Kier molecular flexibility index (Phi) is 6.38. The van der Waals surface area contributed by atoms with Crippen molar-refractivity contribution < 1.29 is 9.53 Å². The number of ether oxygens (including phenoxy) is 1. The Labute approximate surface area is 182 Å². The maximum Gasteiger partial charge on any atom is 0.258 e. The molecule has 0 aliphatic heterocycles. The molecule has 0 saturated carbocycles. The van der Waals surface area contributed by atoms with Crippen LogP contribution >= 0.6 is 0 Å². The Balaban J connectivity index is 1.70. The number of carbonyl (C=O) groups excluding carboxylic acids is 1. The summed E-state index contributed by atoms with van der Waals surface area (Å²) in [5, 5.41) is 0. The monoisotopic (exact) mass is 408 g/mol. The number of amides is 1. The van der Waals surface area contributed by atoms with Gasteiger partial charge in [-0.15, -0.1) is 0 Å². The van der Waals surface area contributed by atoms with E-state index in [9.17, 15) is 4.79 Å². The summed E-state index contributed by atoms with van der Waals surface area (Å²) in [4.78, 5) is 19.4. The predicted octanol–water partition coefficient (Wildman–Crippen LogP) is 5.99. The van der Waals surface area contributed by atoms with E-state index >= 15 is 0 Å². The molecule has 0 N–H and O–H groups in total. The molecule has 0 aliphatic carbocycles. The van der Waals surface area contributed by atoms with Gasteiger partial charge < -0.3 is 9.64 Å². The highest BCUT2D eigenvalue weighted by molar-refractivity contribution is 6.06. The summed E-state index contributed by atoms with van der Waals surface area (Å²) >= 11 is 0. The van der Waals surface area contributed by atoms with Gasteiger partial charge in [-0.1, -0.05) is 54.6 Å². The fourth-order valence-corrected chi connectivity index (χ4v) is 3.55. The smallest absolute Gasteiger partial charge is 0.258 e. The summed E-state index contributed by atoms with van der Waals surface area (Å²) in [6.07, 6.45) is 3.41. The first-order chi connectivity index (χ1) is 15.3. The van der Waals surface area contributed by atoms with Crippen LogP contribution in [0, 0.1) is 0 Å². The summed E-state index contributed by atoms with van der Waals surface area (Å²) in [6, 6.07) is 29.4. The van der Waals surface area contributed by atoms with E-state index in [1.54, 1.807) is 17.3 Å². The lowest BCUT2D eigenvalue weighted by atomic mass is 9.99. The molecule has 1 amide bonds.